The van der Waals surface area contributed by atoms with E-state index in [9.17, 15) is 0 Å². The molecule has 0 amide bonds. The molecular formula is C19H27NO. The summed E-state index contributed by atoms with van der Waals surface area (Å²) >= 11 is 0. The lowest BCUT2D eigenvalue weighted by Gasteiger charge is -2.23. The Kier molecular flexibility index (Phi) is 5.63. The number of hydrogen-bond acceptors (Lipinski definition) is 2. The Morgan fingerprint density at radius 3 is 2.38 bits per heavy atom. The molecule has 2 nitrogen and oxygen atoms in total. The molecule has 1 N–H and O–H groups in total. The van der Waals surface area contributed by atoms with Crippen molar-refractivity contribution in [2.45, 2.75) is 39.7 Å². The van der Waals surface area contributed by atoms with Crippen molar-refractivity contribution in [3.63, 3.8) is 0 Å². The highest BCUT2D eigenvalue weighted by atomic mass is 16.5. The van der Waals surface area contributed by atoms with Gasteiger partial charge in [-0.2, -0.15) is 0 Å². The molecular weight excluding hydrogens is 258 g/mol. The van der Waals surface area contributed by atoms with E-state index in [1.807, 2.05) is 0 Å². The van der Waals surface area contributed by atoms with Crippen molar-refractivity contribution in [1.29, 1.82) is 0 Å². The lowest BCUT2D eigenvalue weighted by molar-refractivity contribution is 0.408. The van der Waals surface area contributed by atoms with E-state index >= 15 is 0 Å². The van der Waals surface area contributed by atoms with Crippen LogP contribution in [0.5, 0.6) is 5.75 Å². The predicted octanol–water partition coefficient (Wildman–Crippen LogP) is 4.94. The molecule has 0 bridgehead atoms. The Morgan fingerprint density at radius 2 is 1.76 bits per heavy atom. The zero-order valence-electron chi connectivity index (χ0n) is 13.6. The fraction of sp³-hybridized carbons (Fsp3) is 0.474. The molecule has 0 aromatic heterocycles. The molecule has 2 atom stereocenters. The van der Waals surface area contributed by atoms with Gasteiger partial charge in [-0.05, 0) is 35.9 Å². The first-order valence-electron chi connectivity index (χ1n) is 8.00. The van der Waals surface area contributed by atoms with Crippen LogP contribution < -0.4 is 10.1 Å². The minimum Gasteiger partial charge on any atom is -0.496 e. The molecule has 2 aromatic carbocycles. The van der Waals surface area contributed by atoms with Gasteiger partial charge in [-0.25, -0.2) is 0 Å². The molecule has 114 valence electrons. The molecule has 0 radical (unpaired) electrons. The number of fused-ring (bicyclic) bond motifs is 1. The second-order valence-corrected chi connectivity index (χ2v) is 5.76. The maximum Gasteiger partial charge on any atom is 0.126 e. The van der Waals surface area contributed by atoms with E-state index < -0.39 is 0 Å². The second-order valence-electron chi connectivity index (χ2n) is 5.76. The Bertz CT molecular complexity index is 579. The Morgan fingerprint density at radius 1 is 1.05 bits per heavy atom. The van der Waals surface area contributed by atoms with Crippen molar-refractivity contribution in [3.8, 4) is 5.75 Å². The summed E-state index contributed by atoms with van der Waals surface area (Å²) < 4.78 is 5.50. The average molecular weight is 285 g/mol. The van der Waals surface area contributed by atoms with Crippen LogP contribution in [0.1, 0.15) is 45.2 Å². The molecule has 0 saturated carbocycles. The van der Waals surface area contributed by atoms with Crippen molar-refractivity contribution >= 4 is 10.8 Å². The van der Waals surface area contributed by atoms with Gasteiger partial charge in [0.25, 0.3) is 0 Å². The van der Waals surface area contributed by atoms with E-state index in [1.165, 1.54) is 29.2 Å². The molecule has 21 heavy (non-hydrogen) atoms. The Labute approximate surface area is 128 Å². The summed E-state index contributed by atoms with van der Waals surface area (Å²) in [6.07, 6.45) is 2.39. The van der Waals surface area contributed by atoms with Crippen LogP contribution in [-0.4, -0.2) is 13.7 Å². The molecule has 2 unspecified atom stereocenters. The van der Waals surface area contributed by atoms with Crippen molar-refractivity contribution in [2.75, 3.05) is 13.7 Å². The van der Waals surface area contributed by atoms with Crippen LogP contribution in [0.15, 0.2) is 36.4 Å². The summed E-state index contributed by atoms with van der Waals surface area (Å²) in [4.78, 5) is 0. The number of rotatable bonds is 7. The van der Waals surface area contributed by atoms with Crippen LogP contribution in [0, 0.1) is 5.92 Å². The van der Waals surface area contributed by atoms with Crippen molar-refractivity contribution in [1.82, 2.24) is 5.32 Å². The lowest BCUT2D eigenvalue weighted by atomic mass is 9.91. The minimum atomic E-state index is 0.403. The van der Waals surface area contributed by atoms with E-state index in [-0.39, 0.29) is 0 Å². The summed E-state index contributed by atoms with van der Waals surface area (Å²) in [6.45, 7) is 7.76. The molecule has 0 spiro atoms. The zero-order valence-corrected chi connectivity index (χ0v) is 13.6. The fourth-order valence-corrected chi connectivity index (χ4v) is 2.91. The third kappa shape index (κ3) is 3.56. The zero-order chi connectivity index (χ0) is 15.2. The molecule has 0 aliphatic rings. The molecule has 0 aliphatic carbocycles. The molecule has 2 aromatic rings. The molecule has 2 heteroatoms. The number of hydrogen-bond donors (Lipinski definition) is 1. The average Bonchev–Trinajstić information content (AvgIpc) is 2.53. The van der Waals surface area contributed by atoms with Crippen molar-refractivity contribution in [3.05, 3.63) is 42.0 Å². The molecule has 0 fully saturated rings. The fourth-order valence-electron chi connectivity index (χ4n) is 2.91. The summed E-state index contributed by atoms with van der Waals surface area (Å²) in [5.41, 5.74) is 1.38. The van der Waals surface area contributed by atoms with Gasteiger partial charge in [-0.3, -0.25) is 0 Å². The summed E-state index contributed by atoms with van der Waals surface area (Å²) in [5.74, 6) is 1.67. The molecule has 0 saturated heterocycles. The van der Waals surface area contributed by atoms with E-state index in [4.69, 9.17) is 4.74 Å². The van der Waals surface area contributed by atoms with E-state index in [1.54, 1.807) is 7.11 Å². The van der Waals surface area contributed by atoms with Crippen LogP contribution in [0.3, 0.4) is 0 Å². The Balaban J connectivity index is 2.47. The highest BCUT2D eigenvalue weighted by Crippen LogP contribution is 2.34. The SMILES string of the molecule is CCNC(CC(C)CC)c1ccc(OC)c2ccccc12. The number of benzene rings is 2. The van der Waals surface area contributed by atoms with Crippen LogP contribution >= 0.6 is 0 Å². The minimum absolute atomic E-state index is 0.403. The van der Waals surface area contributed by atoms with Gasteiger partial charge >= 0.3 is 0 Å². The van der Waals surface area contributed by atoms with Gasteiger partial charge in [0, 0.05) is 11.4 Å². The number of methoxy groups -OCH3 is 1. The largest absolute Gasteiger partial charge is 0.496 e. The van der Waals surface area contributed by atoms with E-state index in [0.29, 0.717) is 6.04 Å². The van der Waals surface area contributed by atoms with Gasteiger partial charge in [0.2, 0.25) is 0 Å². The van der Waals surface area contributed by atoms with Gasteiger partial charge in [0.1, 0.15) is 5.75 Å². The first kappa shape index (κ1) is 15.8. The molecule has 0 aliphatic heterocycles. The van der Waals surface area contributed by atoms with Crippen molar-refractivity contribution in [2.24, 2.45) is 5.92 Å². The topological polar surface area (TPSA) is 21.3 Å². The summed E-state index contributed by atoms with van der Waals surface area (Å²) in [5, 5.41) is 6.15. The first-order chi connectivity index (χ1) is 10.2. The van der Waals surface area contributed by atoms with Crippen LogP contribution in [0.2, 0.25) is 0 Å². The van der Waals surface area contributed by atoms with Crippen LogP contribution in [0.25, 0.3) is 10.8 Å². The maximum absolute atomic E-state index is 5.50. The summed E-state index contributed by atoms with van der Waals surface area (Å²) in [7, 11) is 1.74. The van der Waals surface area contributed by atoms with Gasteiger partial charge < -0.3 is 10.1 Å². The lowest BCUT2D eigenvalue weighted by Crippen LogP contribution is -2.23. The van der Waals surface area contributed by atoms with Crippen LogP contribution in [0.4, 0.5) is 0 Å². The second kappa shape index (κ2) is 7.46. The standard InChI is InChI=1S/C19H27NO/c1-5-14(3)13-18(20-6-2)16-11-12-19(21-4)17-10-8-7-9-15(16)17/h7-12,14,18,20H,5-6,13H2,1-4H3. The van der Waals surface area contributed by atoms with E-state index in [2.05, 4.69) is 62.5 Å². The van der Waals surface area contributed by atoms with Gasteiger partial charge in [-0.1, -0.05) is 57.5 Å². The predicted molar refractivity (Wildman–Crippen MR) is 91.0 cm³/mol. The summed E-state index contributed by atoms with van der Waals surface area (Å²) in [6, 6.07) is 13.2. The van der Waals surface area contributed by atoms with Crippen LogP contribution in [-0.2, 0) is 0 Å². The quantitative estimate of drug-likeness (QED) is 0.778. The third-order valence-electron chi connectivity index (χ3n) is 4.30. The highest BCUT2D eigenvalue weighted by molar-refractivity contribution is 5.91. The number of nitrogens with one attached hydrogen (secondary N) is 1. The molecule has 2 rings (SSSR count). The normalized spacial score (nSPS) is 14.1. The van der Waals surface area contributed by atoms with Crippen molar-refractivity contribution < 1.29 is 4.74 Å². The highest BCUT2D eigenvalue weighted by Gasteiger charge is 2.17. The first-order valence-corrected chi connectivity index (χ1v) is 8.00. The van der Waals surface area contributed by atoms with Gasteiger partial charge in [-0.15, -0.1) is 0 Å². The third-order valence-corrected chi connectivity index (χ3v) is 4.30. The van der Waals surface area contributed by atoms with Gasteiger partial charge in [0.05, 0.1) is 7.11 Å². The number of ether oxygens (including phenoxy) is 1. The Hall–Kier alpha value is -1.54. The maximum atomic E-state index is 5.50. The smallest absolute Gasteiger partial charge is 0.126 e. The molecule has 0 heterocycles. The van der Waals surface area contributed by atoms with Gasteiger partial charge in [0.15, 0.2) is 0 Å². The van der Waals surface area contributed by atoms with E-state index in [0.717, 1.165) is 18.2 Å². The monoisotopic (exact) mass is 285 g/mol.